The molecule has 0 spiro atoms. The van der Waals surface area contributed by atoms with Crippen molar-refractivity contribution in [2.45, 2.75) is 6.54 Å². The number of hydrogen-bond acceptors (Lipinski definition) is 4. The number of ketones is 1. The first-order chi connectivity index (χ1) is 11.1. The third-order valence-corrected chi connectivity index (χ3v) is 4.97. The molecule has 0 radical (unpaired) electrons. The van der Waals surface area contributed by atoms with Crippen LogP contribution in [-0.4, -0.2) is 11.7 Å². The van der Waals surface area contributed by atoms with Crippen LogP contribution >= 0.6 is 22.7 Å². The Hall–Kier alpha value is -2.31. The minimum absolute atomic E-state index is 0.00707. The van der Waals surface area contributed by atoms with Crippen molar-refractivity contribution in [3.63, 3.8) is 0 Å². The number of carbonyl (C=O) groups excluding carboxylic acids is 2. The Morgan fingerprint density at radius 1 is 1.00 bits per heavy atom. The molecule has 1 N–H and O–H groups in total. The summed E-state index contributed by atoms with van der Waals surface area (Å²) in [6, 6.07) is 10.8. The number of hydrogen-bond donors (Lipinski definition) is 1. The molecule has 0 saturated carbocycles. The summed E-state index contributed by atoms with van der Waals surface area (Å²) in [6.07, 6.45) is 0. The van der Waals surface area contributed by atoms with E-state index in [-0.39, 0.29) is 17.5 Å². The van der Waals surface area contributed by atoms with Gasteiger partial charge in [0, 0.05) is 21.4 Å². The molecule has 3 rings (SSSR count). The Morgan fingerprint density at radius 2 is 1.78 bits per heavy atom. The summed E-state index contributed by atoms with van der Waals surface area (Å²) >= 11 is 2.84. The first kappa shape index (κ1) is 15.6. The molecule has 0 atom stereocenters. The molecule has 1 amide bonds. The summed E-state index contributed by atoms with van der Waals surface area (Å²) in [5.74, 6) is -0.659. The van der Waals surface area contributed by atoms with Crippen LogP contribution in [0.5, 0.6) is 0 Å². The number of thiophene rings is 2. The predicted molar refractivity (Wildman–Crippen MR) is 89.6 cm³/mol. The van der Waals surface area contributed by atoms with Gasteiger partial charge in [-0.15, -0.1) is 11.3 Å². The van der Waals surface area contributed by atoms with Gasteiger partial charge in [-0.3, -0.25) is 9.59 Å². The van der Waals surface area contributed by atoms with Crippen molar-refractivity contribution in [1.29, 1.82) is 0 Å². The van der Waals surface area contributed by atoms with Gasteiger partial charge in [0.2, 0.25) is 5.78 Å². The summed E-state index contributed by atoms with van der Waals surface area (Å²) in [7, 11) is 0. The number of halogens is 1. The van der Waals surface area contributed by atoms with Crippen LogP contribution in [0.2, 0.25) is 0 Å². The number of carbonyl (C=O) groups is 2. The van der Waals surface area contributed by atoms with Crippen molar-refractivity contribution in [1.82, 2.24) is 5.32 Å². The normalized spacial score (nSPS) is 10.5. The number of nitrogens with one attached hydrogen (secondary N) is 1. The summed E-state index contributed by atoms with van der Waals surface area (Å²) in [5, 5.41) is 6.44. The molecule has 2 heterocycles. The zero-order valence-electron chi connectivity index (χ0n) is 11.9. The fraction of sp³-hybridized carbons (Fsp3) is 0.0588. The highest BCUT2D eigenvalue weighted by Gasteiger charge is 2.13. The van der Waals surface area contributed by atoms with E-state index in [9.17, 15) is 14.0 Å². The number of benzene rings is 1. The van der Waals surface area contributed by atoms with Gasteiger partial charge >= 0.3 is 0 Å². The highest BCUT2D eigenvalue weighted by atomic mass is 32.1. The van der Waals surface area contributed by atoms with Gasteiger partial charge < -0.3 is 5.32 Å². The number of rotatable bonds is 5. The Kier molecular flexibility index (Phi) is 4.64. The fourth-order valence-electron chi connectivity index (χ4n) is 2.00. The first-order valence-corrected chi connectivity index (χ1v) is 8.59. The second-order valence-electron chi connectivity index (χ2n) is 4.80. The van der Waals surface area contributed by atoms with Crippen molar-refractivity contribution < 1.29 is 14.0 Å². The Balaban J connectivity index is 1.62. The first-order valence-electron chi connectivity index (χ1n) is 6.83. The quantitative estimate of drug-likeness (QED) is 0.707. The largest absolute Gasteiger partial charge is 0.347 e. The van der Waals surface area contributed by atoms with E-state index in [1.807, 2.05) is 16.8 Å². The average Bonchev–Trinajstić information content (AvgIpc) is 3.24. The number of amides is 1. The average molecular weight is 345 g/mol. The van der Waals surface area contributed by atoms with Gasteiger partial charge in [-0.2, -0.15) is 11.3 Å². The van der Waals surface area contributed by atoms with Crippen molar-refractivity contribution in [3.8, 4) is 0 Å². The zero-order valence-corrected chi connectivity index (χ0v) is 13.5. The topological polar surface area (TPSA) is 46.2 Å². The summed E-state index contributed by atoms with van der Waals surface area (Å²) in [5.41, 5.74) is 1.08. The van der Waals surface area contributed by atoms with Crippen LogP contribution in [0.15, 0.2) is 53.2 Å². The molecular formula is C17H12FNO2S2. The summed E-state index contributed by atoms with van der Waals surface area (Å²) in [6.45, 7) is 0.331. The second-order valence-corrected chi connectivity index (χ2v) is 6.75. The van der Waals surface area contributed by atoms with E-state index in [1.165, 1.54) is 46.9 Å². The van der Waals surface area contributed by atoms with Crippen molar-refractivity contribution in [2.24, 2.45) is 0 Å². The maximum Gasteiger partial charge on any atom is 0.251 e. The molecule has 2 aromatic heterocycles. The molecular weight excluding hydrogens is 333 g/mol. The zero-order chi connectivity index (χ0) is 16.2. The summed E-state index contributed by atoms with van der Waals surface area (Å²) in [4.78, 5) is 25.7. The molecule has 23 heavy (non-hydrogen) atoms. The van der Waals surface area contributed by atoms with Gasteiger partial charge in [-0.25, -0.2) is 4.39 Å². The SMILES string of the molecule is O=C(NCc1ccc(C(=O)c2ccsc2)s1)c1ccc(F)cc1. The molecule has 0 fully saturated rings. The molecule has 0 unspecified atom stereocenters. The van der Waals surface area contributed by atoms with E-state index in [0.29, 0.717) is 22.5 Å². The van der Waals surface area contributed by atoms with Crippen LogP contribution < -0.4 is 5.32 Å². The van der Waals surface area contributed by atoms with Crippen molar-refractivity contribution in [2.75, 3.05) is 0 Å². The minimum atomic E-state index is -0.378. The lowest BCUT2D eigenvalue weighted by molar-refractivity contribution is 0.0950. The molecule has 0 saturated heterocycles. The monoisotopic (exact) mass is 345 g/mol. The van der Waals surface area contributed by atoms with Gasteiger partial charge in [-0.05, 0) is 47.8 Å². The lowest BCUT2D eigenvalue weighted by atomic mass is 10.2. The fourth-order valence-corrected chi connectivity index (χ4v) is 3.55. The molecule has 1 aromatic carbocycles. The summed E-state index contributed by atoms with van der Waals surface area (Å²) < 4.78 is 12.8. The molecule has 3 nitrogen and oxygen atoms in total. The van der Waals surface area contributed by atoms with E-state index in [2.05, 4.69) is 5.32 Å². The molecule has 0 aliphatic carbocycles. The van der Waals surface area contributed by atoms with Gasteiger partial charge in [0.1, 0.15) is 5.82 Å². The molecule has 0 aliphatic heterocycles. The third kappa shape index (κ3) is 3.72. The van der Waals surface area contributed by atoms with Gasteiger partial charge in [0.15, 0.2) is 0 Å². The highest BCUT2D eigenvalue weighted by molar-refractivity contribution is 7.14. The van der Waals surface area contributed by atoms with Crippen molar-refractivity contribution >= 4 is 34.4 Å². The second kappa shape index (κ2) is 6.85. The maximum absolute atomic E-state index is 12.8. The lowest BCUT2D eigenvalue weighted by Gasteiger charge is -2.03. The Labute approximate surface area is 140 Å². The van der Waals surface area contributed by atoms with E-state index in [0.717, 1.165) is 4.88 Å². The smallest absolute Gasteiger partial charge is 0.251 e. The van der Waals surface area contributed by atoms with Gasteiger partial charge in [-0.1, -0.05) is 0 Å². The predicted octanol–water partition coefficient (Wildman–Crippen LogP) is 4.11. The standard InChI is InChI=1S/C17H12FNO2S2/c18-13-3-1-11(2-4-13)17(21)19-9-14-5-6-15(23-14)16(20)12-7-8-22-10-12/h1-8,10H,9H2,(H,19,21). The van der Waals surface area contributed by atoms with Gasteiger partial charge in [0.05, 0.1) is 11.4 Å². The molecule has 6 heteroatoms. The van der Waals surface area contributed by atoms with E-state index >= 15 is 0 Å². The Morgan fingerprint density at radius 3 is 2.48 bits per heavy atom. The van der Waals surface area contributed by atoms with Crippen LogP contribution in [0, 0.1) is 5.82 Å². The maximum atomic E-state index is 12.8. The van der Waals surface area contributed by atoms with Crippen LogP contribution in [0.3, 0.4) is 0 Å². The van der Waals surface area contributed by atoms with Crippen LogP contribution in [0.4, 0.5) is 4.39 Å². The molecule has 116 valence electrons. The Bertz CT molecular complexity index is 823. The third-order valence-electron chi connectivity index (χ3n) is 3.20. The van der Waals surface area contributed by atoms with Crippen LogP contribution in [0.1, 0.15) is 30.5 Å². The van der Waals surface area contributed by atoms with Gasteiger partial charge in [0.25, 0.3) is 5.91 Å². The lowest BCUT2D eigenvalue weighted by Crippen LogP contribution is -2.22. The molecule has 0 bridgehead atoms. The molecule has 0 aliphatic rings. The van der Waals surface area contributed by atoms with Crippen LogP contribution in [0.25, 0.3) is 0 Å². The molecule has 3 aromatic rings. The van der Waals surface area contributed by atoms with E-state index in [1.54, 1.807) is 12.1 Å². The highest BCUT2D eigenvalue weighted by Crippen LogP contribution is 2.21. The van der Waals surface area contributed by atoms with Crippen LogP contribution in [-0.2, 0) is 6.54 Å². The van der Waals surface area contributed by atoms with Crippen molar-refractivity contribution in [3.05, 3.63) is 79.9 Å². The van der Waals surface area contributed by atoms with E-state index < -0.39 is 0 Å². The minimum Gasteiger partial charge on any atom is -0.347 e. The van der Waals surface area contributed by atoms with E-state index in [4.69, 9.17) is 0 Å².